The number of carbonyl (C=O) groups excluding carboxylic acids is 1. The molecular weight excluding hydrogens is 640 g/mol. The van der Waals surface area contributed by atoms with Crippen LogP contribution < -0.4 is 0 Å². The summed E-state index contributed by atoms with van der Waals surface area (Å²) in [4.78, 5) is 30.5. The van der Waals surface area contributed by atoms with E-state index in [2.05, 4.69) is 58.3 Å². The molecule has 0 aromatic heterocycles. The summed E-state index contributed by atoms with van der Waals surface area (Å²) in [5.41, 5.74) is 1.55. The minimum Gasteiger partial charge on any atom is -0.481 e. The number of β-amino-alcohol motifs (C(OH)–C–C–N with tert-alkyl or cyclic N) is 2. The van der Waals surface area contributed by atoms with Gasteiger partial charge in [-0.05, 0) is 123 Å². The van der Waals surface area contributed by atoms with Crippen LogP contribution in [0.15, 0.2) is 11.1 Å². The lowest BCUT2D eigenvalue weighted by Crippen LogP contribution is -2.66. The average Bonchev–Trinajstić information content (AvgIpc) is 3.36. The molecular formula is C43H72N2O6. The second-order valence-corrected chi connectivity index (χ2v) is 20.4. The van der Waals surface area contributed by atoms with Gasteiger partial charge in [-0.3, -0.25) is 19.4 Å². The lowest BCUT2D eigenvalue weighted by molar-refractivity contribution is -0.236. The number of aliphatic hydroxyl groups is 2. The number of ether oxygens (including phenoxy) is 1. The van der Waals surface area contributed by atoms with Crippen LogP contribution in [0.2, 0.25) is 0 Å². The van der Waals surface area contributed by atoms with Gasteiger partial charge in [0.2, 0.25) is 0 Å². The maximum atomic E-state index is 14.1. The Morgan fingerprint density at radius 1 is 0.902 bits per heavy atom. The van der Waals surface area contributed by atoms with Gasteiger partial charge in [-0.25, -0.2) is 0 Å². The van der Waals surface area contributed by atoms with Gasteiger partial charge in [-0.1, -0.05) is 54.0 Å². The molecule has 8 nitrogen and oxygen atoms in total. The Labute approximate surface area is 309 Å². The van der Waals surface area contributed by atoms with Crippen molar-refractivity contribution >= 4 is 11.8 Å². The number of nitrogens with zero attached hydrogens (tertiary/aromatic N) is 2. The van der Waals surface area contributed by atoms with Crippen LogP contribution in [0.5, 0.6) is 0 Å². The van der Waals surface area contributed by atoms with Gasteiger partial charge < -0.3 is 20.1 Å². The molecule has 1 saturated heterocycles. The number of carbonyl (C=O) groups is 2. The molecule has 1 heterocycles. The third kappa shape index (κ3) is 6.21. The number of rotatable bonds is 11. The maximum Gasteiger partial charge on any atom is 0.309 e. The molecule has 0 radical (unpaired) electrons. The van der Waals surface area contributed by atoms with Crippen molar-refractivity contribution in [3.05, 3.63) is 11.1 Å². The fourth-order valence-corrected chi connectivity index (χ4v) is 13.7. The van der Waals surface area contributed by atoms with E-state index in [1.165, 1.54) is 24.8 Å². The van der Waals surface area contributed by atoms with E-state index in [9.17, 15) is 24.9 Å². The average molecular weight is 713 g/mol. The standard InChI is InChI=1S/C43H72N2O6/c1-28(2)35-30(47)26-43(33(48)27-45-21-19-44(20-22-45)23-24-46)17-16-41(8)29(36(35)43)10-11-32-40(7)14-13-34(51-25-18-38(3,4)37(49)50)39(5,6)31(40)12-15-42(32,41)9/h28-29,31-34,46,48H,10-27H2,1-9H3,(H,49,50). The monoisotopic (exact) mass is 713 g/mol. The van der Waals surface area contributed by atoms with Crippen LogP contribution in [0, 0.1) is 56.2 Å². The number of hydrogen-bond donors (Lipinski definition) is 3. The lowest BCUT2D eigenvalue weighted by atomic mass is 9.33. The normalized spacial score (nSPS) is 40.8. The number of hydrogen-bond acceptors (Lipinski definition) is 7. The van der Waals surface area contributed by atoms with Gasteiger partial charge >= 0.3 is 5.97 Å². The third-order valence-corrected chi connectivity index (χ3v) is 17.0. The third-order valence-electron chi connectivity index (χ3n) is 17.0. The van der Waals surface area contributed by atoms with Gasteiger partial charge in [0, 0.05) is 57.7 Å². The molecule has 51 heavy (non-hydrogen) atoms. The van der Waals surface area contributed by atoms with E-state index < -0.39 is 22.9 Å². The van der Waals surface area contributed by atoms with Crippen molar-refractivity contribution in [1.82, 2.24) is 9.80 Å². The Morgan fingerprint density at radius 2 is 1.57 bits per heavy atom. The second kappa shape index (κ2) is 13.8. The van der Waals surface area contributed by atoms with E-state index in [1.807, 2.05) is 0 Å². The van der Waals surface area contributed by atoms with E-state index >= 15 is 0 Å². The summed E-state index contributed by atoms with van der Waals surface area (Å²) in [6.07, 6.45) is 9.27. The molecule has 6 rings (SSSR count). The quantitative estimate of drug-likeness (QED) is 0.214. The first-order valence-corrected chi connectivity index (χ1v) is 20.6. The number of carboxylic acid groups (broad SMARTS) is 1. The first-order chi connectivity index (χ1) is 23.8. The van der Waals surface area contributed by atoms with Crippen LogP contribution in [0.1, 0.15) is 127 Å². The predicted molar refractivity (Wildman–Crippen MR) is 201 cm³/mol. The highest BCUT2D eigenvalue weighted by Crippen LogP contribution is 2.77. The van der Waals surface area contributed by atoms with Crippen molar-refractivity contribution in [2.24, 2.45) is 56.2 Å². The van der Waals surface area contributed by atoms with Crippen LogP contribution in [0.3, 0.4) is 0 Å². The SMILES string of the molecule is CC(C)C1=C2C3CCC4C5(C)CCC(OCCC(C)(C)C(=O)O)C(C)(C)C5CCC4(C)C3(C)CCC2(C(O)CN2CCN(CCO)CC2)CC1=O. The molecule has 9 unspecified atom stereocenters. The van der Waals surface area contributed by atoms with E-state index in [0.29, 0.717) is 50.3 Å². The van der Waals surface area contributed by atoms with Crippen LogP contribution in [0.4, 0.5) is 0 Å². The molecule has 9 atom stereocenters. The fourth-order valence-electron chi connectivity index (χ4n) is 13.7. The summed E-state index contributed by atoms with van der Waals surface area (Å²) >= 11 is 0. The smallest absolute Gasteiger partial charge is 0.309 e. The van der Waals surface area contributed by atoms with Crippen LogP contribution in [-0.2, 0) is 14.3 Å². The second-order valence-electron chi connectivity index (χ2n) is 20.4. The summed E-state index contributed by atoms with van der Waals surface area (Å²) in [5.74, 6) is 1.11. The van der Waals surface area contributed by atoms with E-state index in [4.69, 9.17) is 4.74 Å². The predicted octanol–water partition coefficient (Wildman–Crippen LogP) is 6.82. The highest BCUT2D eigenvalue weighted by atomic mass is 16.5. The zero-order valence-corrected chi connectivity index (χ0v) is 33.7. The van der Waals surface area contributed by atoms with Gasteiger partial charge in [-0.2, -0.15) is 0 Å². The number of aliphatic carboxylic acids is 1. The van der Waals surface area contributed by atoms with Gasteiger partial charge in [-0.15, -0.1) is 0 Å². The summed E-state index contributed by atoms with van der Waals surface area (Å²) in [6.45, 7) is 26.2. The largest absolute Gasteiger partial charge is 0.481 e. The van der Waals surface area contributed by atoms with E-state index in [-0.39, 0.29) is 46.1 Å². The Hall–Kier alpha value is -1.32. The Kier molecular flexibility index (Phi) is 10.6. The van der Waals surface area contributed by atoms with Crippen LogP contribution in [-0.4, -0.2) is 102 Å². The number of carboxylic acids is 1. The molecule has 0 bridgehead atoms. The Balaban J connectivity index is 1.25. The Morgan fingerprint density at radius 3 is 2.20 bits per heavy atom. The molecule has 8 heteroatoms. The first-order valence-electron chi connectivity index (χ1n) is 20.6. The molecule has 290 valence electrons. The van der Waals surface area contributed by atoms with Crippen molar-refractivity contribution < 1.29 is 29.6 Å². The molecule has 0 aromatic rings. The molecule has 1 aliphatic heterocycles. The van der Waals surface area contributed by atoms with Crippen LogP contribution >= 0.6 is 0 Å². The van der Waals surface area contributed by atoms with E-state index in [0.717, 1.165) is 63.9 Å². The minimum absolute atomic E-state index is 0.0000676. The molecule has 0 spiro atoms. The molecule has 3 N–H and O–H groups in total. The number of allylic oxidation sites excluding steroid dienone is 1. The number of Topliss-reactive ketones (excluding diaryl/α,β-unsaturated/α-hetero) is 1. The van der Waals surface area contributed by atoms with Gasteiger partial charge in [0.05, 0.1) is 24.2 Å². The van der Waals surface area contributed by atoms with Gasteiger partial charge in [0.15, 0.2) is 5.78 Å². The summed E-state index contributed by atoms with van der Waals surface area (Å²) in [6, 6.07) is 0. The molecule has 0 aromatic carbocycles. The van der Waals surface area contributed by atoms with Crippen molar-refractivity contribution in [2.45, 2.75) is 139 Å². The molecule has 0 amide bonds. The maximum absolute atomic E-state index is 14.1. The minimum atomic E-state index is -0.785. The fraction of sp³-hybridized carbons (Fsp3) is 0.907. The van der Waals surface area contributed by atoms with E-state index in [1.54, 1.807) is 13.8 Å². The highest BCUT2D eigenvalue weighted by molar-refractivity contribution is 6.00. The number of aliphatic hydroxyl groups excluding tert-OH is 2. The Bertz CT molecular complexity index is 1370. The number of ketones is 1. The van der Waals surface area contributed by atoms with Crippen molar-refractivity contribution in [2.75, 3.05) is 52.5 Å². The summed E-state index contributed by atoms with van der Waals surface area (Å²) < 4.78 is 6.60. The lowest BCUT2D eigenvalue weighted by Gasteiger charge is -2.72. The zero-order valence-electron chi connectivity index (χ0n) is 33.7. The summed E-state index contributed by atoms with van der Waals surface area (Å²) in [7, 11) is 0. The van der Waals surface area contributed by atoms with Gasteiger partial charge in [0.25, 0.3) is 0 Å². The van der Waals surface area contributed by atoms with Crippen molar-refractivity contribution in [1.29, 1.82) is 0 Å². The highest BCUT2D eigenvalue weighted by Gasteiger charge is 2.70. The topological polar surface area (TPSA) is 111 Å². The van der Waals surface area contributed by atoms with Gasteiger partial charge in [0.1, 0.15) is 0 Å². The summed E-state index contributed by atoms with van der Waals surface area (Å²) in [5, 5.41) is 31.4. The molecule has 4 saturated carbocycles. The number of fused-ring (bicyclic) bond motifs is 7. The van der Waals surface area contributed by atoms with Crippen LogP contribution in [0.25, 0.3) is 0 Å². The van der Waals surface area contributed by atoms with Crippen molar-refractivity contribution in [3.63, 3.8) is 0 Å². The molecule has 5 aliphatic carbocycles. The number of piperazine rings is 1. The zero-order chi connectivity index (χ0) is 37.4. The first kappa shape index (κ1) is 39.4. The van der Waals surface area contributed by atoms with Crippen molar-refractivity contribution in [3.8, 4) is 0 Å². The molecule has 5 fully saturated rings. The molecule has 6 aliphatic rings.